The van der Waals surface area contributed by atoms with Crippen molar-refractivity contribution in [2.45, 2.75) is 141 Å². The Labute approximate surface area is 165 Å². The molecule has 0 N–H and O–H groups in total. The van der Waals surface area contributed by atoms with Crippen LogP contribution in [0.5, 0.6) is 0 Å². The highest BCUT2D eigenvalue weighted by molar-refractivity contribution is 7.37. The second-order valence-corrected chi connectivity index (χ2v) is 1.26. The molecule has 0 rings (SSSR count). The van der Waals surface area contributed by atoms with Crippen LogP contribution in [0, 0.1) is 0 Å². The fraction of sp³-hybridized carbons (Fsp3) is 1.00. The number of halogens is 1. The fourth-order valence-electron chi connectivity index (χ4n) is 0. The molecule has 0 aliphatic heterocycles. The van der Waals surface area contributed by atoms with Crippen LogP contribution in [0.2, 0.25) is 0 Å². The van der Waals surface area contributed by atoms with Gasteiger partial charge in [0.05, 0.1) is 4.20 Å². The Morgan fingerprint density at radius 2 is 0.391 bits per heavy atom. The highest BCUT2D eigenvalue weighted by atomic mass is 31.1. The van der Waals surface area contributed by atoms with E-state index in [9.17, 15) is 4.20 Å². The second-order valence-electron chi connectivity index (χ2n) is 0.421. The summed E-state index contributed by atoms with van der Waals surface area (Å²) in [5.41, 5.74) is 0. The average molecular weight is 386 g/mol. The van der Waals surface area contributed by atoms with E-state index in [0.717, 1.165) is 6.66 Å². The van der Waals surface area contributed by atoms with Gasteiger partial charge in [-0.15, -0.1) is 0 Å². The third kappa shape index (κ3) is 9820000. The molecule has 0 fully saturated rings. The van der Waals surface area contributed by atoms with Crippen LogP contribution >= 0.6 is 8.11 Å². The molecular weight excluding hydrogens is 306 g/mol. The molecule has 0 bridgehead atoms. The van der Waals surface area contributed by atoms with Crippen molar-refractivity contribution in [1.29, 1.82) is 0 Å². The molecule has 0 aromatic carbocycles. The summed E-state index contributed by atoms with van der Waals surface area (Å²) in [5.74, 6) is 0. The van der Waals surface area contributed by atoms with Gasteiger partial charge in [0.15, 0.2) is 6.66 Å². The lowest BCUT2D eigenvalue weighted by molar-refractivity contribution is 0.564. The van der Waals surface area contributed by atoms with Crippen molar-refractivity contribution < 1.29 is 8.76 Å². The molecule has 3 heteroatoms. The Balaban J connectivity index is -0.000000000263. The summed E-state index contributed by atoms with van der Waals surface area (Å²) in [5, 5.41) is 0. The van der Waals surface area contributed by atoms with E-state index >= 15 is 0 Å². The zero-order valence-corrected chi connectivity index (χ0v) is 3.13. The zero-order valence-electron chi connectivity index (χ0n) is 2.23. The molecule has 0 amide bonds. The van der Waals surface area contributed by atoms with Gasteiger partial charge in [-0.25, -0.2) is 0 Å². The van der Waals surface area contributed by atoms with Crippen molar-refractivity contribution in [3.63, 3.8) is 0 Å². The molecule has 0 radical (unpaired) electrons. The van der Waals surface area contributed by atoms with Gasteiger partial charge in [-0.1, -0.05) is 141 Å². The molecule has 1 atom stereocenters. The smallest absolute Gasteiger partial charge is 0.0776 e. The summed E-state index contributed by atoms with van der Waals surface area (Å²) in [6, 6.07) is 0. The fourth-order valence-corrected chi connectivity index (χ4v) is 0. The SMILES string of the molecule is C.C.C.C.C.C.C.C.C.C.C.C.C.C.C.C.C.C.C.C[P+](=O)F. The van der Waals surface area contributed by atoms with Crippen LogP contribution in [0.15, 0.2) is 0 Å². The standard InChI is InChI=1S/CH3FOP.19CH4/c1-4(2)3;;;;;;;;;;;;;;;;;;;/h1H3;19*1H4/q+1;;;;;;;;;;;;;;;;;;;. The first-order valence-electron chi connectivity index (χ1n) is 0.799. The third-order valence-corrected chi connectivity index (χ3v) is 0. The van der Waals surface area contributed by atoms with Gasteiger partial charge in [-0.05, 0) is 4.57 Å². The molecule has 0 spiro atoms. The van der Waals surface area contributed by atoms with Crippen molar-refractivity contribution in [2.75, 3.05) is 6.66 Å². The minimum absolute atomic E-state index is 0. The summed E-state index contributed by atoms with van der Waals surface area (Å²) in [6.45, 7) is 1.01. The van der Waals surface area contributed by atoms with Crippen molar-refractivity contribution >= 4 is 8.11 Å². The molecule has 1 unspecified atom stereocenters. The van der Waals surface area contributed by atoms with Gasteiger partial charge in [-0.2, -0.15) is 0 Å². The van der Waals surface area contributed by atoms with E-state index in [1.54, 1.807) is 0 Å². The summed E-state index contributed by atoms with van der Waals surface area (Å²) >= 11 is 0. The van der Waals surface area contributed by atoms with Crippen molar-refractivity contribution in [2.24, 2.45) is 0 Å². The maximum atomic E-state index is 10.5. The van der Waals surface area contributed by atoms with Gasteiger partial charge in [0.25, 0.3) is 0 Å². The summed E-state index contributed by atoms with van der Waals surface area (Å²) in [7, 11) is -2.37. The topological polar surface area (TPSA) is 17.1 Å². The highest BCUT2D eigenvalue weighted by Gasteiger charge is 1.92. The molecule has 1 nitrogen and oxygen atoms in total. The van der Waals surface area contributed by atoms with E-state index in [-0.39, 0.29) is 141 Å². The lowest BCUT2D eigenvalue weighted by Crippen LogP contribution is -1.21. The van der Waals surface area contributed by atoms with Crippen LogP contribution in [-0.4, -0.2) is 6.66 Å². The number of hydrogen-bond donors (Lipinski definition) is 0. The minimum Gasteiger partial charge on any atom is -0.0776 e. The molecule has 0 aromatic rings. The highest BCUT2D eigenvalue weighted by Crippen LogP contribution is 2.11. The first kappa shape index (κ1) is 1220. The van der Waals surface area contributed by atoms with Gasteiger partial charge in [-0.3, -0.25) is 0 Å². The predicted molar refractivity (Wildman–Crippen MR) is 143 cm³/mol. The maximum absolute atomic E-state index is 10.5. The number of hydrogen-bond acceptors (Lipinski definition) is 1. The van der Waals surface area contributed by atoms with Crippen LogP contribution in [0.3, 0.4) is 0 Å². The van der Waals surface area contributed by atoms with Gasteiger partial charge in [0.2, 0.25) is 0 Å². The Kier molecular flexibility index (Phi) is 56200. The Hall–Kier alpha value is 0.0300. The summed E-state index contributed by atoms with van der Waals surface area (Å²) in [6.07, 6.45) is 0. The molecule has 0 aliphatic carbocycles. The molecule has 0 saturated heterocycles. The number of rotatable bonds is 0. The van der Waals surface area contributed by atoms with E-state index in [0.29, 0.717) is 0 Å². The molecule has 0 aliphatic rings. The van der Waals surface area contributed by atoms with E-state index in [2.05, 4.69) is 0 Å². The summed E-state index contributed by atoms with van der Waals surface area (Å²) < 4.78 is 19.4. The maximum Gasteiger partial charge on any atom is 0.554 e. The van der Waals surface area contributed by atoms with Gasteiger partial charge in [0, 0.05) is 0 Å². The van der Waals surface area contributed by atoms with Crippen molar-refractivity contribution in [3.05, 3.63) is 0 Å². The average Bonchev–Trinajstić information content (AvgIpc) is 0.811. The van der Waals surface area contributed by atoms with Gasteiger partial charge in [0.1, 0.15) is 0 Å². The largest absolute Gasteiger partial charge is 0.554 e. The predicted octanol–water partition coefficient (Wildman–Crippen LogP) is 13.4. The Morgan fingerprint density at radius 1 is 0.391 bits per heavy atom. The van der Waals surface area contributed by atoms with Crippen LogP contribution in [-0.2, 0) is 4.57 Å². The van der Waals surface area contributed by atoms with Crippen molar-refractivity contribution in [1.82, 2.24) is 0 Å². The quantitative estimate of drug-likeness (QED) is 0.379. The van der Waals surface area contributed by atoms with Crippen molar-refractivity contribution in [3.8, 4) is 0 Å². The lowest BCUT2D eigenvalue weighted by atomic mass is 12.0. The second kappa shape index (κ2) is 1060. The monoisotopic (exact) mass is 386 g/mol. The molecule has 0 saturated carbocycles. The molecule has 23 heavy (non-hydrogen) atoms. The minimum atomic E-state index is -2.37. The van der Waals surface area contributed by atoms with Crippen LogP contribution in [0.4, 0.5) is 4.20 Å². The van der Waals surface area contributed by atoms with Gasteiger partial charge >= 0.3 is 8.11 Å². The third-order valence-electron chi connectivity index (χ3n) is 0. The normalized spacial score (nSPS) is 1.91. The van der Waals surface area contributed by atoms with E-state index < -0.39 is 8.11 Å². The first-order chi connectivity index (χ1) is 1.73. The zero-order chi connectivity index (χ0) is 3.58. The Morgan fingerprint density at radius 3 is 0.391 bits per heavy atom. The molecule has 0 aromatic heterocycles. The van der Waals surface area contributed by atoms with Crippen LogP contribution in [0.1, 0.15) is 141 Å². The van der Waals surface area contributed by atoms with Crippen LogP contribution < -0.4 is 0 Å². The molecule has 0 heterocycles. The van der Waals surface area contributed by atoms with E-state index in [1.165, 1.54) is 0 Å². The van der Waals surface area contributed by atoms with E-state index in [1.807, 2.05) is 0 Å². The van der Waals surface area contributed by atoms with Gasteiger partial charge < -0.3 is 0 Å². The lowest BCUT2D eigenvalue weighted by Gasteiger charge is -1.28. The van der Waals surface area contributed by atoms with E-state index in [4.69, 9.17) is 4.57 Å². The van der Waals surface area contributed by atoms with Crippen LogP contribution in [0.25, 0.3) is 0 Å². The summed E-state index contributed by atoms with van der Waals surface area (Å²) in [4.78, 5) is 0. The Bertz CT molecular complexity index is 40.6. The first-order valence-corrected chi connectivity index (χ1v) is 2.40. The molecular formula is C20H79FOP+. The molecule has 176 valence electrons.